The van der Waals surface area contributed by atoms with Gasteiger partial charge >= 0.3 is 0 Å². The Hall–Kier alpha value is -1.48. The molecule has 2 rings (SSSR count). The number of rotatable bonds is 2. The van der Waals surface area contributed by atoms with Gasteiger partial charge in [0.15, 0.2) is 5.82 Å². The van der Waals surface area contributed by atoms with E-state index in [1.807, 2.05) is 42.8 Å². The lowest BCUT2D eigenvalue weighted by molar-refractivity contribution is 0.871. The maximum Gasteiger partial charge on any atom is 0.163 e. The zero-order chi connectivity index (χ0) is 10.8. The summed E-state index contributed by atoms with van der Waals surface area (Å²) in [7, 11) is 0. The highest BCUT2D eigenvalue weighted by Crippen LogP contribution is 2.18. The molecule has 0 unspecified atom stereocenters. The van der Waals surface area contributed by atoms with Crippen LogP contribution >= 0.6 is 11.6 Å². The summed E-state index contributed by atoms with van der Waals surface area (Å²) in [5.41, 5.74) is 5.40. The van der Waals surface area contributed by atoms with Gasteiger partial charge in [0, 0.05) is 17.6 Å². The second-order valence-electron chi connectivity index (χ2n) is 3.40. The Labute approximate surface area is 93.7 Å². The third kappa shape index (κ3) is 1.97. The molecule has 0 atom stereocenters. The predicted molar refractivity (Wildman–Crippen MR) is 62.2 cm³/mol. The van der Waals surface area contributed by atoms with E-state index < -0.39 is 0 Å². The molecule has 0 aromatic carbocycles. The predicted octanol–water partition coefficient (Wildman–Crippen LogP) is 3.03. The lowest BCUT2D eigenvalue weighted by Gasteiger charge is -2.12. The van der Waals surface area contributed by atoms with E-state index in [0.717, 1.165) is 11.4 Å². The molecule has 0 aliphatic rings. The molecular formula is C11H12ClN3. The average molecular weight is 222 g/mol. The maximum absolute atomic E-state index is 6.01. The quantitative estimate of drug-likeness (QED) is 0.845. The number of hydrogen-bond donors (Lipinski definition) is 1. The van der Waals surface area contributed by atoms with Crippen LogP contribution in [0.3, 0.4) is 0 Å². The average Bonchev–Trinajstić information content (AvgIpc) is 2.53. The van der Waals surface area contributed by atoms with Crippen molar-refractivity contribution in [3.8, 4) is 0 Å². The monoisotopic (exact) mass is 221 g/mol. The van der Waals surface area contributed by atoms with Crippen LogP contribution in [0.4, 0.5) is 5.82 Å². The summed E-state index contributed by atoms with van der Waals surface area (Å²) in [4.78, 5) is 4.17. The molecule has 2 aromatic heterocycles. The summed E-state index contributed by atoms with van der Waals surface area (Å²) in [5, 5.41) is 0.616. The molecule has 0 spiro atoms. The minimum absolute atomic E-state index is 0.616. The molecule has 0 fully saturated rings. The molecule has 3 nitrogen and oxygen atoms in total. The van der Waals surface area contributed by atoms with Gasteiger partial charge in [0.25, 0.3) is 0 Å². The van der Waals surface area contributed by atoms with Gasteiger partial charge in [-0.2, -0.15) is 0 Å². The van der Waals surface area contributed by atoms with Crippen LogP contribution in [0.2, 0.25) is 5.02 Å². The minimum Gasteiger partial charge on any atom is -0.276 e. The molecule has 0 bridgehead atoms. The second kappa shape index (κ2) is 3.95. The third-order valence-electron chi connectivity index (χ3n) is 2.25. The van der Waals surface area contributed by atoms with Gasteiger partial charge in [0.05, 0.1) is 5.02 Å². The number of hydrogen-bond acceptors (Lipinski definition) is 2. The van der Waals surface area contributed by atoms with E-state index in [4.69, 9.17) is 11.6 Å². The van der Waals surface area contributed by atoms with E-state index in [0.29, 0.717) is 10.8 Å². The van der Waals surface area contributed by atoms with Gasteiger partial charge in [0.2, 0.25) is 0 Å². The van der Waals surface area contributed by atoms with Gasteiger partial charge in [-0.1, -0.05) is 11.6 Å². The van der Waals surface area contributed by atoms with Crippen molar-refractivity contribution in [1.29, 1.82) is 0 Å². The zero-order valence-corrected chi connectivity index (χ0v) is 9.42. The van der Waals surface area contributed by atoms with Gasteiger partial charge in [-0.05, 0) is 38.1 Å². The lowest BCUT2D eigenvalue weighted by Crippen LogP contribution is -2.13. The van der Waals surface area contributed by atoms with Crippen LogP contribution in [0, 0.1) is 13.8 Å². The van der Waals surface area contributed by atoms with E-state index in [1.54, 1.807) is 6.20 Å². The third-order valence-corrected chi connectivity index (χ3v) is 2.55. The largest absolute Gasteiger partial charge is 0.276 e. The first-order valence-electron chi connectivity index (χ1n) is 4.71. The van der Waals surface area contributed by atoms with Gasteiger partial charge < -0.3 is 0 Å². The van der Waals surface area contributed by atoms with Gasteiger partial charge in [0.1, 0.15) is 0 Å². The Morgan fingerprint density at radius 2 is 1.87 bits per heavy atom. The molecule has 78 valence electrons. The van der Waals surface area contributed by atoms with Crippen LogP contribution in [0.25, 0.3) is 0 Å². The molecule has 0 radical (unpaired) electrons. The highest BCUT2D eigenvalue weighted by atomic mass is 35.5. The minimum atomic E-state index is 0.616. The highest BCUT2D eigenvalue weighted by Gasteiger charge is 2.04. The van der Waals surface area contributed by atoms with E-state index in [-0.39, 0.29) is 0 Å². The van der Waals surface area contributed by atoms with Crippen molar-refractivity contribution in [2.75, 3.05) is 5.43 Å². The van der Waals surface area contributed by atoms with E-state index >= 15 is 0 Å². The first-order chi connectivity index (χ1) is 7.18. The van der Waals surface area contributed by atoms with Crippen LogP contribution in [-0.4, -0.2) is 9.66 Å². The van der Waals surface area contributed by atoms with Crippen molar-refractivity contribution in [1.82, 2.24) is 9.66 Å². The van der Waals surface area contributed by atoms with Gasteiger partial charge in [-0.15, -0.1) is 0 Å². The fraction of sp³-hybridized carbons (Fsp3) is 0.182. The molecule has 15 heavy (non-hydrogen) atoms. The fourth-order valence-electron chi connectivity index (χ4n) is 1.42. The molecule has 0 aliphatic carbocycles. The molecular weight excluding hydrogens is 210 g/mol. The van der Waals surface area contributed by atoms with E-state index in [1.165, 1.54) is 0 Å². The Bertz CT molecular complexity index is 457. The van der Waals surface area contributed by atoms with Crippen LogP contribution in [0.1, 0.15) is 11.4 Å². The van der Waals surface area contributed by atoms with Crippen molar-refractivity contribution in [3.63, 3.8) is 0 Å². The Morgan fingerprint density at radius 1 is 1.20 bits per heavy atom. The summed E-state index contributed by atoms with van der Waals surface area (Å²) in [6.07, 6.45) is 1.71. The Morgan fingerprint density at radius 3 is 2.47 bits per heavy atom. The molecule has 1 N–H and O–H groups in total. The number of pyridine rings is 1. The lowest BCUT2D eigenvalue weighted by atomic mass is 10.5. The number of nitrogens with zero attached hydrogens (tertiary/aromatic N) is 2. The number of aromatic nitrogens is 2. The number of halogens is 1. The van der Waals surface area contributed by atoms with Gasteiger partial charge in [-0.25, -0.2) is 4.98 Å². The number of aryl methyl sites for hydroxylation is 2. The van der Waals surface area contributed by atoms with E-state index in [9.17, 15) is 0 Å². The van der Waals surface area contributed by atoms with E-state index in [2.05, 4.69) is 10.4 Å². The van der Waals surface area contributed by atoms with Crippen molar-refractivity contribution in [3.05, 3.63) is 46.9 Å². The molecule has 0 aliphatic heterocycles. The van der Waals surface area contributed by atoms with Crippen molar-refractivity contribution in [2.24, 2.45) is 0 Å². The van der Waals surface area contributed by atoms with Crippen LogP contribution in [0.15, 0.2) is 30.5 Å². The smallest absolute Gasteiger partial charge is 0.163 e. The highest BCUT2D eigenvalue weighted by molar-refractivity contribution is 6.32. The SMILES string of the molecule is Cc1ccc(C)n1Nc1ncccc1Cl. The number of anilines is 1. The standard InChI is InChI=1S/C11H12ClN3/c1-8-5-6-9(2)15(8)14-11-10(12)4-3-7-13-11/h3-7H,1-2H3,(H,13,14). The molecule has 2 aromatic rings. The summed E-state index contributed by atoms with van der Waals surface area (Å²) < 4.78 is 1.95. The zero-order valence-electron chi connectivity index (χ0n) is 8.66. The maximum atomic E-state index is 6.01. The molecule has 0 saturated heterocycles. The molecule has 0 amide bonds. The Balaban J connectivity index is 2.34. The van der Waals surface area contributed by atoms with Crippen molar-refractivity contribution < 1.29 is 0 Å². The summed E-state index contributed by atoms with van der Waals surface area (Å²) in [5.74, 6) is 0.668. The topological polar surface area (TPSA) is 29.9 Å². The Kier molecular flexibility index (Phi) is 2.64. The first kappa shape index (κ1) is 10.1. The second-order valence-corrected chi connectivity index (χ2v) is 3.80. The summed E-state index contributed by atoms with van der Waals surface area (Å²) in [6.45, 7) is 4.05. The molecule has 4 heteroatoms. The molecule has 2 heterocycles. The summed E-state index contributed by atoms with van der Waals surface area (Å²) >= 11 is 6.01. The summed E-state index contributed by atoms with van der Waals surface area (Å²) in [6, 6.07) is 7.70. The van der Waals surface area contributed by atoms with Crippen molar-refractivity contribution in [2.45, 2.75) is 13.8 Å². The van der Waals surface area contributed by atoms with Crippen molar-refractivity contribution >= 4 is 17.4 Å². The van der Waals surface area contributed by atoms with Crippen LogP contribution in [0.5, 0.6) is 0 Å². The van der Waals surface area contributed by atoms with Gasteiger partial charge in [-0.3, -0.25) is 10.1 Å². The van der Waals surface area contributed by atoms with Crippen LogP contribution in [-0.2, 0) is 0 Å². The fourth-order valence-corrected chi connectivity index (χ4v) is 1.58. The molecule has 0 saturated carbocycles. The number of nitrogens with one attached hydrogen (secondary N) is 1. The van der Waals surface area contributed by atoms with Crippen LogP contribution < -0.4 is 5.43 Å². The normalized spacial score (nSPS) is 10.3. The first-order valence-corrected chi connectivity index (χ1v) is 5.09.